The Hall–Kier alpha value is -4.58. The summed E-state index contributed by atoms with van der Waals surface area (Å²) in [6.45, 7) is 1.21. The lowest BCUT2D eigenvalue weighted by Crippen LogP contribution is -2.39. The summed E-state index contributed by atoms with van der Waals surface area (Å²) < 4.78 is 37.3. The number of ether oxygens (including phenoxy) is 4. The second-order valence-corrected chi connectivity index (χ2v) is 8.85. The number of aromatic nitrogens is 3. The van der Waals surface area contributed by atoms with Crippen LogP contribution >= 0.6 is 0 Å². The summed E-state index contributed by atoms with van der Waals surface area (Å²) in [5, 5.41) is 2.82. The van der Waals surface area contributed by atoms with Crippen molar-refractivity contribution in [1.29, 1.82) is 0 Å². The lowest BCUT2D eigenvalue weighted by atomic mass is 9.77. The summed E-state index contributed by atoms with van der Waals surface area (Å²) in [7, 11) is 1.46. The first-order valence-electron chi connectivity index (χ1n) is 11.9. The maximum atomic E-state index is 15.4. The van der Waals surface area contributed by atoms with Gasteiger partial charge in [-0.2, -0.15) is 4.39 Å². The van der Waals surface area contributed by atoms with Gasteiger partial charge < -0.3 is 30.0 Å². The molecule has 0 unspecified atom stereocenters. The van der Waals surface area contributed by atoms with E-state index < -0.39 is 17.4 Å². The first-order valence-corrected chi connectivity index (χ1v) is 11.9. The van der Waals surface area contributed by atoms with E-state index in [1.807, 2.05) is 6.08 Å². The number of amidine groups is 1. The van der Waals surface area contributed by atoms with Crippen LogP contribution in [0.1, 0.15) is 40.2 Å². The first kappa shape index (κ1) is 23.8. The zero-order valence-electron chi connectivity index (χ0n) is 20.4. The molecule has 0 radical (unpaired) electrons. The van der Waals surface area contributed by atoms with E-state index in [1.54, 1.807) is 24.3 Å². The molecule has 1 amide bonds. The summed E-state index contributed by atoms with van der Waals surface area (Å²) in [6.07, 6.45) is 5.53. The third kappa shape index (κ3) is 4.08. The minimum atomic E-state index is -1.11. The standard InChI is InChI=1S/C26H23FN6O5/c1-35-21-13-29-19(12-30-21)24(34)31-15-2-3-20-16(10-15)26(6-9-37-25(28)33-26)17-11-18(14-4-7-36-8-5-14)32-23(27)22(17)38-20/h2-4,10-13H,5-9H2,1H3,(H2,28,33)(H,31,34)/t26-/m0/s1. The number of pyridine rings is 1. The number of methoxy groups -OCH3 is 1. The van der Waals surface area contributed by atoms with Gasteiger partial charge in [-0.05, 0) is 36.3 Å². The van der Waals surface area contributed by atoms with Crippen LogP contribution in [0.5, 0.6) is 17.4 Å². The Balaban J connectivity index is 1.43. The second kappa shape index (κ2) is 9.38. The highest BCUT2D eigenvalue weighted by molar-refractivity contribution is 6.02. The average Bonchev–Trinajstić information content (AvgIpc) is 2.94. The van der Waals surface area contributed by atoms with Gasteiger partial charge in [0, 0.05) is 23.2 Å². The number of carbonyl (C=O) groups is 1. The predicted octanol–water partition coefficient (Wildman–Crippen LogP) is 3.16. The Morgan fingerprint density at radius 1 is 1.18 bits per heavy atom. The zero-order valence-corrected chi connectivity index (χ0v) is 20.4. The molecule has 1 aromatic carbocycles. The molecule has 0 bridgehead atoms. The summed E-state index contributed by atoms with van der Waals surface area (Å²) in [5.41, 5.74) is 7.95. The molecule has 3 aliphatic heterocycles. The number of hydrogen-bond acceptors (Lipinski definition) is 10. The summed E-state index contributed by atoms with van der Waals surface area (Å²) >= 11 is 0. The van der Waals surface area contributed by atoms with Crippen LogP contribution < -0.4 is 20.5 Å². The molecule has 3 aromatic rings. The number of nitrogens with two attached hydrogens (primary N) is 1. The third-order valence-electron chi connectivity index (χ3n) is 6.65. The highest BCUT2D eigenvalue weighted by Crippen LogP contribution is 2.53. The Kier molecular flexibility index (Phi) is 5.87. The van der Waals surface area contributed by atoms with Crippen LogP contribution in [0, 0.1) is 5.95 Å². The van der Waals surface area contributed by atoms with Gasteiger partial charge in [-0.15, -0.1) is 0 Å². The molecule has 0 saturated carbocycles. The van der Waals surface area contributed by atoms with Crippen molar-refractivity contribution in [3.63, 3.8) is 0 Å². The van der Waals surface area contributed by atoms with Gasteiger partial charge in [0.1, 0.15) is 17.0 Å². The van der Waals surface area contributed by atoms with Crippen LogP contribution in [-0.4, -0.2) is 53.8 Å². The molecular formula is C26H23FN6O5. The first-order chi connectivity index (χ1) is 18.5. The molecule has 0 aliphatic carbocycles. The fraction of sp³-hybridized carbons (Fsp3) is 0.269. The minimum absolute atomic E-state index is 0.0161. The summed E-state index contributed by atoms with van der Waals surface area (Å²) in [6, 6.07) is 6.79. The highest BCUT2D eigenvalue weighted by atomic mass is 19.1. The van der Waals surface area contributed by atoms with Gasteiger partial charge in [-0.3, -0.25) is 4.79 Å². The van der Waals surface area contributed by atoms with Crippen LogP contribution in [-0.2, 0) is 15.0 Å². The molecule has 3 aliphatic rings. The summed E-state index contributed by atoms with van der Waals surface area (Å²) in [4.78, 5) is 29.8. The SMILES string of the molecule is COc1cnc(C(=O)Nc2ccc3c(c2)[C@@]2(CCOC(N)=N2)c2cc(C4=CCOCC4)nc(F)c2O3)cn1. The number of rotatable bonds is 4. The number of aliphatic imine (C=N–C) groups is 1. The minimum Gasteiger partial charge on any atom is -0.480 e. The highest BCUT2D eigenvalue weighted by Gasteiger charge is 2.46. The molecular weight excluding hydrogens is 495 g/mol. The number of amides is 1. The molecule has 5 heterocycles. The average molecular weight is 519 g/mol. The van der Waals surface area contributed by atoms with Crippen LogP contribution in [0.4, 0.5) is 10.1 Å². The Morgan fingerprint density at radius 2 is 2.08 bits per heavy atom. The van der Waals surface area contributed by atoms with Gasteiger partial charge >= 0.3 is 0 Å². The van der Waals surface area contributed by atoms with E-state index in [-0.39, 0.29) is 24.1 Å². The number of anilines is 1. The molecule has 2 aromatic heterocycles. The number of hydrogen-bond donors (Lipinski definition) is 2. The lowest BCUT2D eigenvalue weighted by molar-refractivity contribution is 0.102. The number of carbonyl (C=O) groups excluding carboxylic acids is 1. The molecule has 194 valence electrons. The lowest BCUT2D eigenvalue weighted by Gasteiger charge is -2.39. The van der Waals surface area contributed by atoms with Gasteiger partial charge in [0.15, 0.2) is 5.75 Å². The number of benzene rings is 1. The summed E-state index contributed by atoms with van der Waals surface area (Å²) in [5.74, 6) is -0.564. The molecule has 0 fully saturated rings. The number of halogens is 1. The van der Waals surface area contributed by atoms with Gasteiger partial charge in [-0.25, -0.2) is 19.9 Å². The Morgan fingerprint density at radius 3 is 2.82 bits per heavy atom. The van der Waals surface area contributed by atoms with Gasteiger partial charge in [0.05, 0.1) is 45.0 Å². The molecule has 6 rings (SSSR count). The maximum Gasteiger partial charge on any atom is 0.283 e. The zero-order chi connectivity index (χ0) is 26.3. The second-order valence-electron chi connectivity index (χ2n) is 8.85. The van der Waals surface area contributed by atoms with Gasteiger partial charge in [0.25, 0.3) is 17.9 Å². The van der Waals surface area contributed by atoms with Gasteiger partial charge in [0.2, 0.25) is 5.88 Å². The Bertz CT molecular complexity index is 1490. The fourth-order valence-corrected chi connectivity index (χ4v) is 4.81. The van der Waals surface area contributed by atoms with E-state index in [4.69, 9.17) is 24.7 Å². The van der Waals surface area contributed by atoms with Crippen molar-refractivity contribution in [1.82, 2.24) is 15.0 Å². The van der Waals surface area contributed by atoms with Crippen LogP contribution in [0.3, 0.4) is 0 Å². The van der Waals surface area contributed by atoms with Crippen molar-refractivity contribution in [2.75, 3.05) is 32.2 Å². The van der Waals surface area contributed by atoms with Crippen LogP contribution in [0.2, 0.25) is 0 Å². The van der Waals surface area contributed by atoms with E-state index in [2.05, 4.69) is 25.3 Å². The number of fused-ring (bicyclic) bond motifs is 4. The molecule has 1 atom stereocenters. The quantitative estimate of drug-likeness (QED) is 0.498. The van der Waals surface area contributed by atoms with Crippen molar-refractivity contribution in [2.24, 2.45) is 10.7 Å². The molecule has 12 heteroatoms. The fourth-order valence-electron chi connectivity index (χ4n) is 4.81. The van der Waals surface area contributed by atoms with Crippen molar-refractivity contribution in [3.05, 3.63) is 71.2 Å². The van der Waals surface area contributed by atoms with Crippen molar-refractivity contribution < 1.29 is 28.1 Å². The van der Waals surface area contributed by atoms with E-state index in [0.717, 1.165) is 5.57 Å². The van der Waals surface area contributed by atoms with E-state index in [9.17, 15) is 4.79 Å². The largest absolute Gasteiger partial charge is 0.480 e. The predicted molar refractivity (Wildman–Crippen MR) is 134 cm³/mol. The normalized spacial score (nSPS) is 19.7. The Labute approximate surface area is 216 Å². The monoisotopic (exact) mass is 518 g/mol. The molecule has 3 N–H and O–H groups in total. The van der Waals surface area contributed by atoms with E-state index >= 15 is 4.39 Å². The smallest absolute Gasteiger partial charge is 0.283 e. The number of nitrogens with zero attached hydrogens (tertiary/aromatic N) is 4. The van der Waals surface area contributed by atoms with Crippen LogP contribution in [0.25, 0.3) is 5.57 Å². The van der Waals surface area contributed by atoms with Gasteiger partial charge in [-0.1, -0.05) is 6.08 Å². The number of nitrogens with one attached hydrogen (secondary N) is 1. The maximum absolute atomic E-state index is 15.4. The van der Waals surface area contributed by atoms with Crippen LogP contribution in [0.15, 0.2) is 47.7 Å². The molecule has 1 spiro atoms. The van der Waals surface area contributed by atoms with Crippen molar-refractivity contribution in [3.8, 4) is 17.4 Å². The van der Waals surface area contributed by atoms with Crippen molar-refractivity contribution >= 4 is 23.2 Å². The van der Waals surface area contributed by atoms with Crippen molar-refractivity contribution in [2.45, 2.75) is 18.4 Å². The molecule has 38 heavy (non-hydrogen) atoms. The van der Waals surface area contributed by atoms with E-state index in [1.165, 1.54) is 19.5 Å². The van der Waals surface area contributed by atoms with E-state index in [0.29, 0.717) is 60.2 Å². The third-order valence-corrected chi connectivity index (χ3v) is 6.65. The molecule has 11 nitrogen and oxygen atoms in total. The molecule has 0 saturated heterocycles. The topological polar surface area (TPSA) is 143 Å².